The van der Waals surface area contributed by atoms with Gasteiger partial charge in [-0.25, -0.2) is 4.68 Å². The molecular weight excluding hydrogens is 294 g/mol. The van der Waals surface area contributed by atoms with E-state index in [1.54, 1.807) is 14.2 Å². The number of quaternary nitrogens is 1. The van der Waals surface area contributed by atoms with Crippen molar-refractivity contribution in [3.05, 3.63) is 29.6 Å². The van der Waals surface area contributed by atoms with E-state index in [1.165, 1.54) is 4.90 Å². The van der Waals surface area contributed by atoms with E-state index in [2.05, 4.69) is 50.4 Å². The molecule has 1 heterocycles. The van der Waals surface area contributed by atoms with Crippen molar-refractivity contribution in [1.82, 2.24) is 20.2 Å². The van der Waals surface area contributed by atoms with E-state index in [4.69, 9.17) is 9.47 Å². The third kappa shape index (κ3) is 3.44. The van der Waals surface area contributed by atoms with Gasteiger partial charge in [0.2, 0.25) is 5.82 Å². The van der Waals surface area contributed by atoms with Gasteiger partial charge in [-0.15, -0.1) is 5.10 Å². The Labute approximate surface area is 137 Å². The first-order valence-electron chi connectivity index (χ1n) is 7.60. The second-order valence-electron chi connectivity index (χ2n) is 6.74. The van der Waals surface area contributed by atoms with Gasteiger partial charge in [-0.2, -0.15) is 0 Å². The molecule has 1 aromatic heterocycles. The lowest BCUT2D eigenvalue weighted by Crippen LogP contribution is -3.06. The van der Waals surface area contributed by atoms with Gasteiger partial charge in [0.25, 0.3) is 0 Å². The van der Waals surface area contributed by atoms with Crippen LogP contribution in [0.1, 0.15) is 38.2 Å². The molecule has 0 aliphatic carbocycles. The van der Waals surface area contributed by atoms with Crippen molar-refractivity contribution in [2.24, 2.45) is 0 Å². The Morgan fingerprint density at radius 2 is 1.74 bits per heavy atom. The first kappa shape index (κ1) is 17.2. The fourth-order valence-corrected chi connectivity index (χ4v) is 2.62. The number of hydrogen-bond donors (Lipinski definition) is 1. The topological polar surface area (TPSA) is 66.5 Å². The Morgan fingerprint density at radius 3 is 2.26 bits per heavy atom. The Hall–Kier alpha value is -2.15. The minimum absolute atomic E-state index is 0.0102. The molecule has 23 heavy (non-hydrogen) atoms. The van der Waals surface area contributed by atoms with Crippen molar-refractivity contribution in [3.8, 4) is 11.5 Å². The Balaban J connectivity index is 2.55. The molecule has 0 amide bonds. The van der Waals surface area contributed by atoms with Crippen molar-refractivity contribution in [2.75, 3.05) is 28.3 Å². The van der Waals surface area contributed by atoms with Crippen LogP contribution in [0.5, 0.6) is 11.5 Å². The van der Waals surface area contributed by atoms with E-state index in [1.807, 2.05) is 22.9 Å². The highest BCUT2D eigenvalue weighted by atomic mass is 16.5. The minimum Gasteiger partial charge on any atom is -0.493 e. The summed E-state index contributed by atoms with van der Waals surface area (Å²) in [4.78, 5) is 1.21. The fraction of sp³-hybridized carbons (Fsp3) is 0.562. The first-order valence-corrected chi connectivity index (χ1v) is 7.60. The van der Waals surface area contributed by atoms with Crippen molar-refractivity contribution in [1.29, 1.82) is 0 Å². The number of rotatable bonds is 5. The van der Waals surface area contributed by atoms with E-state index < -0.39 is 0 Å². The van der Waals surface area contributed by atoms with E-state index in [9.17, 15) is 0 Å². The molecule has 126 valence electrons. The summed E-state index contributed by atoms with van der Waals surface area (Å²) in [6.07, 6.45) is 0. The predicted molar refractivity (Wildman–Crippen MR) is 87.0 cm³/mol. The molecule has 2 aromatic rings. The minimum atomic E-state index is -0.191. The summed E-state index contributed by atoms with van der Waals surface area (Å²) in [5.41, 5.74) is 0.881. The van der Waals surface area contributed by atoms with Crippen molar-refractivity contribution in [3.63, 3.8) is 0 Å². The normalized spacial score (nSPS) is 13.2. The Bertz CT molecular complexity index is 661. The number of benzene rings is 1. The van der Waals surface area contributed by atoms with E-state index in [0.29, 0.717) is 11.5 Å². The molecule has 0 spiro atoms. The van der Waals surface area contributed by atoms with Crippen LogP contribution in [0.15, 0.2) is 18.2 Å². The van der Waals surface area contributed by atoms with Crippen LogP contribution in [0, 0.1) is 0 Å². The fourth-order valence-electron chi connectivity index (χ4n) is 2.62. The van der Waals surface area contributed by atoms with Crippen molar-refractivity contribution >= 4 is 0 Å². The molecule has 0 saturated heterocycles. The van der Waals surface area contributed by atoms with Gasteiger partial charge in [-0.1, -0.05) is 0 Å². The van der Waals surface area contributed by atoms with Gasteiger partial charge >= 0.3 is 0 Å². The van der Waals surface area contributed by atoms with Crippen molar-refractivity contribution < 1.29 is 14.4 Å². The number of methoxy groups -OCH3 is 2. The average molecular weight is 320 g/mol. The van der Waals surface area contributed by atoms with Crippen LogP contribution >= 0.6 is 0 Å². The lowest BCUT2D eigenvalue weighted by atomic mass is 10.0. The van der Waals surface area contributed by atoms with Gasteiger partial charge in [0.05, 0.1) is 33.9 Å². The molecule has 2 rings (SSSR count). The summed E-state index contributed by atoms with van der Waals surface area (Å²) in [7, 11) is 7.44. The molecule has 0 bridgehead atoms. The van der Waals surface area contributed by atoms with E-state index in [-0.39, 0.29) is 11.6 Å². The van der Waals surface area contributed by atoms with Gasteiger partial charge in [0, 0.05) is 5.56 Å². The summed E-state index contributed by atoms with van der Waals surface area (Å²) in [6.45, 7) is 6.26. The number of ether oxygens (including phenoxy) is 2. The third-order valence-electron chi connectivity index (χ3n) is 3.71. The zero-order valence-corrected chi connectivity index (χ0v) is 14.9. The van der Waals surface area contributed by atoms with Crippen LogP contribution in [-0.2, 0) is 5.54 Å². The summed E-state index contributed by atoms with van der Waals surface area (Å²) < 4.78 is 12.6. The number of hydrogen-bond acceptors (Lipinski definition) is 5. The molecule has 1 aromatic carbocycles. The summed E-state index contributed by atoms with van der Waals surface area (Å²) in [5, 5.41) is 12.4. The van der Waals surface area contributed by atoms with E-state index in [0.717, 1.165) is 11.4 Å². The molecule has 7 nitrogen and oxygen atoms in total. The molecule has 1 atom stereocenters. The molecule has 7 heteroatoms. The predicted octanol–water partition coefficient (Wildman–Crippen LogP) is 0.679. The molecule has 0 radical (unpaired) electrons. The largest absolute Gasteiger partial charge is 0.493 e. The quantitative estimate of drug-likeness (QED) is 0.877. The van der Waals surface area contributed by atoms with Gasteiger partial charge in [-0.05, 0) is 49.4 Å². The average Bonchev–Trinajstić information content (AvgIpc) is 2.96. The maximum atomic E-state index is 5.43. The van der Waals surface area contributed by atoms with E-state index >= 15 is 0 Å². The van der Waals surface area contributed by atoms with Gasteiger partial charge in [0.1, 0.15) is 0 Å². The number of nitrogens with zero attached hydrogens (tertiary/aromatic N) is 4. The zero-order valence-electron chi connectivity index (χ0n) is 14.9. The van der Waals surface area contributed by atoms with Gasteiger partial charge in [-0.3, -0.25) is 0 Å². The molecule has 0 saturated carbocycles. The molecule has 0 fully saturated rings. The van der Waals surface area contributed by atoms with Crippen LogP contribution in [0.2, 0.25) is 0 Å². The van der Waals surface area contributed by atoms with Crippen molar-refractivity contribution in [2.45, 2.75) is 32.4 Å². The monoisotopic (exact) mass is 320 g/mol. The van der Waals surface area contributed by atoms with Gasteiger partial charge in [0.15, 0.2) is 17.5 Å². The molecular formula is C16H26N5O2+. The van der Waals surface area contributed by atoms with Crippen LogP contribution in [0.3, 0.4) is 0 Å². The Kier molecular flexibility index (Phi) is 4.89. The highest BCUT2D eigenvalue weighted by Gasteiger charge is 2.31. The SMILES string of the molecule is COc1ccc([C@H](c2nnnn2C(C)(C)C)[NH+](C)C)cc1OC. The lowest BCUT2D eigenvalue weighted by Gasteiger charge is -2.26. The Morgan fingerprint density at radius 1 is 1.09 bits per heavy atom. The maximum Gasteiger partial charge on any atom is 0.214 e. The molecule has 0 aliphatic heterocycles. The smallest absolute Gasteiger partial charge is 0.214 e. The lowest BCUT2D eigenvalue weighted by molar-refractivity contribution is -0.886. The van der Waals surface area contributed by atoms with Crippen LogP contribution in [-0.4, -0.2) is 48.5 Å². The zero-order chi connectivity index (χ0) is 17.2. The maximum absolute atomic E-state index is 5.43. The standard InChI is InChI=1S/C16H25N5O2/c1-16(2,3)21-15(17-18-19-21)14(20(4)5)11-8-9-12(22-6)13(10-11)23-7/h8-10,14H,1-7H3/p+1/t14-/m1/s1. The number of nitrogens with one attached hydrogen (secondary N) is 1. The molecule has 0 unspecified atom stereocenters. The molecule has 0 aliphatic rings. The van der Waals surface area contributed by atoms with Crippen LogP contribution in [0.25, 0.3) is 0 Å². The first-order chi connectivity index (χ1) is 10.8. The van der Waals surface area contributed by atoms with Crippen LogP contribution in [0.4, 0.5) is 0 Å². The molecule has 1 N–H and O–H groups in total. The number of tetrazole rings is 1. The second-order valence-corrected chi connectivity index (χ2v) is 6.74. The van der Waals surface area contributed by atoms with Crippen LogP contribution < -0.4 is 14.4 Å². The second kappa shape index (κ2) is 6.54. The summed E-state index contributed by atoms with van der Waals surface area (Å²) in [6, 6.07) is 5.91. The highest BCUT2D eigenvalue weighted by Crippen LogP contribution is 2.31. The summed E-state index contributed by atoms with van der Waals surface area (Å²) >= 11 is 0. The number of aromatic nitrogens is 4. The van der Waals surface area contributed by atoms with Gasteiger partial charge < -0.3 is 14.4 Å². The third-order valence-corrected chi connectivity index (χ3v) is 3.71. The highest BCUT2D eigenvalue weighted by molar-refractivity contribution is 5.44. The summed E-state index contributed by atoms with van der Waals surface area (Å²) in [5.74, 6) is 2.23.